The van der Waals surface area contributed by atoms with Crippen molar-refractivity contribution in [3.8, 4) is 5.75 Å². The molecule has 1 aliphatic rings. The number of carbonyl (C=O) groups excluding carboxylic acids is 2. The fourth-order valence-electron chi connectivity index (χ4n) is 2.26. The van der Waals surface area contributed by atoms with Crippen LogP contribution in [0.3, 0.4) is 0 Å². The van der Waals surface area contributed by atoms with Crippen molar-refractivity contribution in [2.24, 2.45) is 5.92 Å². The first kappa shape index (κ1) is 17.6. The van der Waals surface area contributed by atoms with Crippen LogP contribution in [0.15, 0.2) is 18.2 Å². The Morgan fingerprint density at radius 1 is 1.48 bits per heavy atom. The van der Waals surface area contributed by atoms with Crippen molar-refractivity contribution in [2.75, 3.05) is 26.9 Å². The highest BCUT2D eigenvalue weighted by atomic mass is 35.5. The standard InChI is InChI=1S/C16H20ClNO5/c1-10(15(19)18-5-6-21-2)23-16(20)12-7-11-8-13(17)3-4-14(11)22-9-12/h3-4,8,10,12H,5-7,9H2,1-2H3,(H,18,19)/t10-,12-/m0/s1. The number of carbonyl (C=O) groups is 2. The van der Waals surface area contributed by atoms with Crippen molar-refractivity contribution in [1.82, 2.24) is 5.32 Å². The Bertz CT molecular complexity index is 578. The molecular weight excluding hydrogens is 322 g/mol. The molecule has 1 aliphatic heterocycles. The summed E-state index contributed by atoms with van der Waals surface area (Å²) in [5.41, 5.74) is 0.864. The first-order valence-electron chi connectivity index (χ1n) is 7.39. The number of esters is 1. The summed E-state index contributed by atoms with van der Waals surface area (Å²) in [4.78, 5) is 24.0. The third kappa shape index (κ3) is 4.84. The molecule has 0 fully saturated rings. The fourth-order valence-corrected chi connectivity index (χ4v) is 2.45. The van der Waals surface area contributed by atoms with Crippen LogP contribution in [0.4, 0.5) is 0 Å². The van der Waals surface area contributed by atoms with Gasteiger partial charge < -0.3 is 19.5 Å². The van der Waals surface area contributed by atoms with Crippen LogP contribution in [-0.4, -0.2) is 44.8 Å². The van der Waals surface area contributed by atoms with E-state index >= 15 is 0 Å². The summed E-state index contributed by atoms with van der Waals surface area (Å²) in [6, 6.07) is 5.30. The summed E-state index contributed by atoms with van der Waals surface area (Å²) in [6.45, 7) is 2.54. The molecule has 0 aromatic heterocycles. The lowest BCUT2D eigenvalue weighted by molar-refractivity contribution is -0.160. The highest BCUT2D eigenvalue weighted by Crippen LogP contribution is 2.30. The highest BCUT2D eigenvalue weighted by molar-refractivity contribution is 6.30. The van der Waals surface area contributed by atoms with E-state index in [1.807, 2.05) is 0 Å². The Balaban J connectivity index is 1.88. The van der Waals surface area contributed by atoms with Crippen molar-refractivity contribution in [2.45, 2.75) is 19.4 Å². The van der Waals surface area contributed by atoms with Gasteiger partial charge in [-0.1, -0.05) is 11.6 Å². The van der Waals surface area contributed by atoms with Crippen molar-refractivity contribution < 1.29 is 23.8 Å². The lowest BCUT2D eigenvalue weighted by Gasteiger charge is -2.25. The van der Waals surface area contributed by atoms with Crippen LogP contribution in [0, 0.1) is 5.92 Å². The van der Waals surface area contributed by atoms with Crippen molar-refractivity contribution in [1.29, 1.82) is 0 Å². The Morgan fingerprint density at radius 3 is 3.00 bits per heavy atom. The minimum Gasteiger partial charge on any atom is -0.492 e. The number of nitrogens with one attached hydrogen (secondary N) is 1. The number of methoxy groups -OCH3 is 1. The van der Waals surface area contributed by atoms with E-state index in [1.165, 1.54) is 6.92 Å². The van der Waals surface area contributed by atoms with Gasteiger partial charge in [0.05, 0.1) is 12.5 Å². The number of hydrogen-bond donors (Lipinski definition) is 1. The van der Waals surface area contributed by atoms with Gasteiger partial charge >= 0.3 is 5.97 Å². The molecule has 1 amide bonds. The third-order valence-electron chi connectivity index (χ3n) is 3.53. The van der Waals surface area contributed by atoms with Gasteiger partial charge in [-0.05, 0) is 37.1 Å². The molecule has 6 nitrogen and oxygen atoms in total. The van der Waals surface area contributed by atoms with Gasteiger partial charge in [-0.15, -0.1) is 0 Å². The third-order valence-corrected chi connectivity index (χ3v) is 3.76. The quantitative estimate of drug-likeness (QED) is 0.628. The topological polar surface area (TPSA) is 73.9 Å². The molecule has 0 aliphatic carbocycles. The molecule has 1 aromatic rings. The van der Waals surface area contributed by atoms with Gasteiger partial charge in [0.1, 0.15) is 12.4 Å². The second-order valence-electron chi connectivity index (χ2n) is 5.33. The summed E-state index contributed by atoms with van der Waals surface area (Å²) >= 11 is 5.96. The zero-order chi connectivity index (χ0) is 16.8. The van der Waals surface area contributed by atoms with Crippen molar-refractivity contribution in [3.05, 3.63) is 28.8 Å². The molecule has 7 heteroatoms. The van der Waals surface area contributed by atoms with Crippen LogP contribution in [0.2, 0.25) is 5.02 Å². The normalized spacial score (nSPS) is 17.6. The van der Waals surface area contributed by atoms with Gasteiger partial charge in [0, 0.05) is 18.7 Å². The molecule has 0 bridgehead atoms. The van der Waals surface area contributed by atoms with Gasteiger partial charge in [-0.3, -0.25) is 9.59 Å². The molecule has 2 atom stereocenters. The van der Waals surface area contributed by atoms with Crippen molar-refractivity contribution >= 4 is 23.5 Å². The Morgan fingerprint density at radius 2 is 2.26 bits per heavy atom. The second kappa shape index (κ2) is 8.17. The summed E-state index contributed by atoms with van der Waals surface area (Å²) in [7, 11) is 1.54. The molecular formula is C16H20ClNO5. The number of fused-ring (bicyclic) bond motifs is 1. The number of amides is 1. The molecule has 0 spiro atoms. The average Bonchev–Trinajstić information content (AvgIpc) is 2.54. The van der Waals surface area contributed by atoms with Crippen LogP contribution in [-0.2, 0) is 25.5 Å². The van der Waals surface area contributed by atoms with E-state index < -0.39 is 18.0 Å². The van der Waals surface area contributed by atoms with E-state index in [9.17, 15) is 9.59 Å². The van der Waals surface area contributed by atoms with Crippen LogP contribution >= 0.6 is 11.6 Å². The van der Waals surface area contributed by atoms with Crippen LogP contribution < -0.4 is 10.1 Å². The van der Waals surface area contributed by atoms with E-state index in [0.29, 0.717) is 24.6 Å². The summed E-state index contributed by atoms with van der Waals surface area (Å²) < 4.78 is 15.6. The Hall–Kier alpha value is -1.79. The van der Waals surface area contributed by atoms with Gasteiger partial charge in [0.15, 0.2) is 6.10 Å². The van der Waals surface area contributed by atoms with E-state index in [2.05, 4.69) is 5.32 Å². The summed E-state index contributed by atoms with van der Waals surface area (Å²) in [6.07, 6.45) is -0.382. The Labute approximate surface area is 140 Å². The first-order chi connectivity index (χ1) is 11.0. The molecule has 2 rings (SSSR count). The lowest BCUT2D eigenvalue weighted by atomic mass is 9.97. The SMILES string of the molecule is COCCNC(=O)[C@H](C)OC(=O)[C@@H]1COc2ccc(Cl)cc2C1. The van der Waals surface area contributed by atoms with E-state index in [4.69, 9.17) is 25.8 Å². The summed E-state index contributed by atoms with van der Waals surface area (Å²) in [5, 5.41) is 3.21. The average molecular weight is 342 g/mol. The van der Waals surface area contributed by atoms with Crippen molar-refractivity contribution in [3.63, 3.8) is 0 Å². The van der Waals surface area contributed by atoms with E-state index in [-0.39, 0.29) is 12.5 Å². The van der Waals surface area contributed by atoms with Crippen LogP contribution in [0.25, 0.3) is 0 Å². The summed E-state index contributed by atoms with van der Waals surface area (Å²) in [5.74, 6) is -0.528. The van der Waals surface area contributed by atoms with Gasteiger partial charge in [-0.2, -0.15) is 0 Å². The number of hydrogen-bond acceptors (Lipinski definition) is 5. The van der Waals surface area contributed by atoms with Crippen LogP contribution in [0.5, 0.6) is 5.75 Å². The number of halogens is 1. The van der Waals surface area contributed by atoms with E-state index in [0.717, 1.165) is 11.3 Å². The fraction of sp³-hybridized carbons (Fsp3) is 0.500. The maximum absolute atomic E-state index is 12.2. The minimum absolute atomic E-state index is 0.228. The second-order valence-corrected chi connectivity index (χ2v) is 5.76. The van der Waals surface area contributed by atoms with Gasteiger partial charge in [0.25, 0.3) is 5.91 Å². The predicted molar refractivity (Wildman–Crippen MR) is 84.6 cm³/mol. The van der Waals surface area contributed by atoms with E-state index in [1.54, 1.807) is 25.3 Å². The first-order valence-corrected chi connectivity index (χ1v) is 7.77. The maximum Gasteiger partial charge on any atom is 0.313 e. The molecule has 0 saturated heterocycles. The van der Waals surface area contributed by atoms with Crippen LogP contribution in [0.1, 0.15) is 12.5 Å². The van der Waals surface area contributed by atoms with Gasteiger partial charge in [0.2, 0.25) is 0 Å². The minimum atomic E-state index is -0.861. The molecule has 0 saturated carbocycles. The zero-order valence-corrected chi connectivity index (χ0v) is 13.9. The molecule has 23 heavy (non-hydrogen) atoms. The largest absolute Gasteiger partial charge is 0.492 e. The lowest BCUT2D eigenvalue weighted by Crippen LogP contribution is -2.40. The number of benzene rings is 1. The molecule has 1 heterocycles. The molecule has 126 valence electrons. The molecule has 0 radical (unpaired) electrons. The molecule has 1 N–H and O–H groups in total. The predicted octanol–water partition coefficient (Wildman–Crippen LogP) is 1.59. The monoisotopic (exact) mass is 341 g/mol. The molecule has 1 aromatic carbocycles. The Kier molecular flexibility index (Phi) is 6.24. The maximum atomic E-state index is 12.2. The van der Waals surface area contributed by atoms with Gasteiger partial charge in [-0.25, -0.2) is 0 Å². The zero-order valence-electron chi connectivity index (χ0n) is 13.1. The number of ether oxygens (including phenoxy) is 3. The highest BCUT2D eigenvalue weighted by Gasteiger charge is 2.29. The molecule has 0 unspecified atom stereocenters. The smallest absolute Gasteiger partial charge is 0.313 e. The number of rotatable bonds is 6.